The van der Waals surface area contributed by atoms with Crippen LogP contribution < -0.4 is 10.6 Å². The molecule has 0 unspecified atom stereocenters. The van der Waals surface area contributed by atoms with Crippen molar-refractivity contribution in [3.05, 3.63) is 136 Å². The summed E-state index contributed by atoms with van der Waals surface area (Å²) in [7, 11) is 0. The molecule has 4 heterocycles. The van der Waals surface area contributed by atoms with Gasteiger partial charge in [-0.2, -0.15) is 5.26 Å². The summed E-state index contributed by atoms with van der Waals surface area (Å²) in [5.74, 6) is 0.905. The fourth-order valence-electron chi connectivity index (χ4n) is 5.23. The summed E-state index contributed by atoms with van der Waals surface area (Å²) >= 11 is 6.37. The van der Waals surface area contributed by atoms with Crippen molar-refractivity contribution in [2.45, 2.75) is 12.8 Å². The summed E-state index contributed by atoms with van der Waals surface area (Å²) in [5.41, 5.74) is 2.45. The Morgan fingerprint density at radius 1 is 0.720 bits per heavy atom. The Morgan fingerprint density at radius 2 is 1.18 bits per heavy atom. The number of nitrogens with one attached hydrogen (secondary N) is 2. The molecule has 14 heteroatoms. The van der Waals surface area contributed by atoms with E-state index in [1.807, 2.05) is 76.5 Å². The van der Waals surface area contributed by atoms with Gasteiger partial charge in [-0.1, -0.05) is 84.9 Å². The van der Waals surface area contributed by atoms with Crippen LogP contribution in [0, 0.1) is 23.2 Å². The number of carbonyl (C=O) groups is 2. The van der Waals surface area contributed by atoms with Crippen LogP contribution in [-0.4, -0.2) is 30.6 Å². The van der Waals surface area contributed by atoms with E-state index in [0.717, 1.165) is 41.5 Å². The van der Waals surface area contributed by atoms with E-state index in [4.69, 9.17) is 17.1 Å². The first kappa shape index (κ1) is 36.0. The van der Waals surface area contributed by atoms with Crippen LogP contribution in [0.3, 0.4) is 0 Å². The van der Waals surface area contributed by atoms with E-state index >= 15 is 0 Å². The number of rotatable bonds is 6. The molecule has 0 bridgehead atoms. The number of nitriles is 1. The van der Waals surface area contributed by atoms with Crippen LogP contribution in [0.2, 0.25) is 0 Å². The van der Waals surface area contributed by atoms with Gasteiger partial charge in [-0.25, -0.2) is 9.97 Å². The fraction of sp³-hybridized carbons (Fsp3) is 0.0556. The van der Waals surface area contributed by atoms with Gasteiger partial charge < -0.3 is 22.5 Å². The van der Waals surface area contributed by atoms with Crippen LogP contribution in [0.4, 0.5) is 11.6 Å². The maximum absolute atomic E-state index is 12.3. The molecule has 0 atom stereocenters. The van der Waals surface area contributed by atoms with Crippen molar-refractivity contribution < 1.29 is 26.7 Å². The smallest absolute Gasteiger partial charge is 0.512 e. The second kappa shape index (κ2) is 16.4. The summed E-state index contributed by atoms with van der Waals surface area (Å²) in [4.78, 5) is 34.7. The van der Waals surface area contributed by atoms with Crippen molar-refractivity contribution >= 4 is 93.3 Å². The van der Waals surface area contributed by atoms with E-state index < -0.39 is 0 Å². The number of carbonyl (C=O) groups excluding carboxylic acids is 2. The molecule has 0 saturated heterocycles. The van der Waals surface area contributed by atoms with Gasteiger partial charge in [-0.05, 0) is 48.6 Å². The van der Waals surface area contributed by atoms with Crippen LogP contribution in [0.15, 0.2) is 113 Å². The SMILES string of the molecule is N#Cc1csc2c(NC(=O)Cc3ccc4ccccc4c3)ncn12.O=C(Cc1ccc2ccccc2c1)Nc1ncn2c(Br)csc12.[C-]#N.[Cu+]. The van der Waals surface area contributed by atoms with Crippen LogP contribution in [0.5, 0.6) is 0 Å². The molecule has 4 aromatic carbocycles. The van der Waals surface area contributed by atoms with Gasteiger partial charge in [-0.3, -0.25) is 18.4 Å². The van der Waals surface area contributed by atoms with E-state index in [-0.39, 0.29) is 35.3 Å². The van der Waals surface area contributed by atoms with Crippen molar-refractivity contribution in [2.24, 2.45) is 0 Å². The topological polar surface area (TPSA) is 140 Å². The maximum atomic E-state index is 12.3. The predicted molar refractivity (Wildman–Crippen MR) is 196 cm³/mol. The summed E-state index contributed by atoms with van der Waals surface area (Å²) in [6.45, 7) is 4.75. The van der Waals surface area contributed by atoms with Crippen molar-refractivity contribution in [2.75, 3.05) is 10.6 Å². The number of aromatic nitrogens is 4. The number of fused-ring (bicyclic) bond motifs is 4. The maximum Gasteiger partial charge on any atom is 1.00 e. The van der Waals surface area contributed by atoms with Crippen molar-refractivity contribution in [3.8, 4) is 6.07 Å². The fourth-order valence-corrected chi connectivity index (χ4v) is 7.55. The molecule has 2 amide bonds. The molecule has 250 valence electrons. The molecular formula is C36H24BrCuN8O2S2. The van der Waals surface area contributed by atoms with Crippen LogP contribution >= 0.6 is 38.6 Å². The number of benzene rings is 4. The van der Waals surface area contributed by atoms with Crippen molar-refractivity contribution in [3.63, 3.8) is 0 Å². The first-order chi connectivity index (χ1) is 23.9. The van der Waals surface area contributed by atoms with Crippen LogP contribution in [-0.2, 0) is 39.5 Å². The van der Waals surface area contributed by atoms with Crippen molar-refractivity contribution in [1.82, 2.24) is 18.8 Å². The minimum Gasteiger partial charge on any atom is -0.512 e. The molecule has 0 aliphatic rings. The third-order valence-corrected chi connectivity index (χ3v) is 10.3. The molecule has 0 fully saturated rings. The molecule has 10 nitrogen and oxygen atoms in total. The molecule has 50 heavy (non-hydrogen) atoms. The Bertz CT molecular complexity index is 2530. The summed E-state index contributed by atoms with van der Waals surface area (Å²) < 4.78 is 4.51. The average Bonchev–Trinajstić information content (AvgIpc) is 3.91. The third-order valence-electron chi connectivity index (χ3n) is 7.47. The van der Waals surface area contributed by atoms with Gasteiger partial charge in [0.05, 0.1) is 12.8 Å². The van der Waals surface area contributed by atoms with E-state index in [1.165, 1.54) is 28.1 Å². The predicted octanol–water partition coefficient (Wildman–Crippen LogP) is 8.19. The van der Waals surface area contributed by atoms with E-state index in [0.29, 0.717) is 23.8 Å². The molecular weight excluding hydrogens is 784 g/mol. The Labute approximate surface area is 313 Å². The van der Waals surface area contributed by atoms with Crippen LogP contribution in [0.25, 0.3) is 31.2 Å². The monoisotopic (exact) mass is 806 g/mol. The quantitative estimate of drug-likeness (QED) is 0.128. The zero-order valence-corrected chi connectivity index (χ0v) is 30.0. The number of nitrogens with zero attached hydrogens (tertiary/aromatic N) is 6. The minimum absolute atomic E-state index is 0. The van der Waals surface area contributed by atoms with Gasteiger partial charge in [-0.15, -0.1) is 22.7 Å². The molecule has 8 rings (SSSR count). The Kier molecular flexibility index (Phi) is 11.8. The van der Waals surface area contributed by atoms with Gasteiger partial charge in [0.25, 0.3) is 0 Å². The standard InChI is InChI=1S/C18H12N4OS.C17H12BrN3OS.CN.Cu/c19-9-15-10-24-18-17(20-11-22(15)18)21-16(23)8-12-5-6-13-3-1-2-4-14(13)7-12;18-14-9-23-17-16(19-10-21(14)17)20-15(22)8-11-5-6-12-3-1-2-4-13(12)7-11;1-2;/h1-7,10-11H,8H2,(H,21,23);1-7,9-10H,8H2,(H,20,22);;/q;;-1;+1. The zero-order chi connectivity index (χ0) is 34.3. The molecule has 4 aromatic heterocycles. The number of anilines is 2. The molecule has 8 aromatic rings. The number of hydrogen-bond acceptors (Lipinski definition) is 8. The van der Waals surface area contributed by atoms with Gasteiger partial charge in [0.2, 0.25) is 11.8 Å². The zero-order valence-electron chi connectivity index (χ0n) is 25.8. The van der Waals surface area contributed by atoms with Gasteiger partial charge in [0.1, 0.15) is 38.7 Å². The van der Waals surface area contributed by atoms with E-state index in [9.17, 15) is 9.59 Å². The minimum atomic E-state index is -0.127. The Hall–Kier alpha value is -5.34. The molecule has 2 N–H and O–H groups in total. The Morgan fingerprint density at radius 3 is 1.70 bits per heavy atom. The second-order valence-electron chi connectivity index (χ2n) is 10.6. The molecule has 0 aliphatic carbocycles. The van der Waals surface area contributed by atoms with Crippen LogP contribution in [0.1, 0.15) is 16.8 Å². The first-order valence-electron chi connectivity index (χ1n) is 14.7. The third kappa shape index (κ3) is 7.92. The largest absolute Gasteiger partial charge is 1.00 e. The van der Waals surface area contributed by atoms with Crippen molar-refractivity contribution in [1.29, 1.82) is 10.5 Å². The molecule has 0 saturated carbocycles. The van der Waals surface area contributed by atoms with Gasteiger partial charge in [0.15, 0.2) is 11.6 Å². The summed E-state index contributed by atoms with van der Waals surface area (Å²) in [5, 5.41) is 29.3. The summed E-state index contributed by atoms with van der Waals surface area (Å²) in [6, 6.07) is 30.4. The number of thiazole rings is 2. The normalized spacial score (nSPS) is 10.4. The number of imidazole rings is 2. The summed E-state index contributed by atoms with van der Waals surface area (Å²) in [6.07, 6.45) is 3.86. The number of hydrogen-bond donors (Lipinski definition) is 2. The number of amides is 2. The van der Waals surface area contributed by atoms with Gasteiger partial charge >= 0.3 is 17.1 Å². The number of halogens is 1. The van der Waals surface area contributed by atoms with E-state index in [2.05, 4.69) is 60.8 Å². The molecule has 0 aliphatic heterocycles. The average molecular weight is 808 g/mol. The van der Waals surface area contributed by atoms with E-state index in [1.54, 1.807) is 22.4 Å². The molecule has 0 radical (unpaired) electrons. The Balaban J connectivity index is 0.000000182. The molecule has 0 spiro atoms. The second-order valence-corrected chi connectivity index (χ2v) is 13.2. The first-order valence-corrected chi connectivity index (χ1v) is 17.2. The van der Waals surface area contributed by atoms with Gasteiger partial charge in [0, 0.05) is 10.8 Å².